The molecule has 42 heavy (non-hydrogen) atoms. The fourth-order valence-corrected chi connectivity index (χ4v) is 5.99. The summed E-state index contributed by atoms with van der Waals surface area (Å²) in [6.45, 7) is 21.0. The number of carbonyl (C=O) groups excluding carboxylic acids is 1. The lowest BCUT2D eigenvalue weighted by molar-refractivity contribution is -0.157. The number of hydrogen-bond acceptors (Lipinski definition) is 9. The van der Waals surface area contributed by atoms with Gasteiger partial charge in [0.2, 0.25) is 0 Å². The van der Waals surface area contributed by atoms with Crippen LogP contribution in [0.1, 0.15) is 59.9 Å². The van der Waals surface area contributed by atoms with Crippen molar-refractivity contribution in [3.63, 3.8) is 0 Å². The summed E-state index contributed by atoms with van der Waals surface area (Å²) < 4.78 is 47.9. The molecule has 1 aromatic rings. The minimum absolute atomic E-state index is 0.0273. The minimum atomic E-state index is -2.23. The molecule has 0 amide bonds. The van der Waals surface area contributed by atoms with Gasteiger partial charge in [-0.15, -0.1) is 0 Å². The number of Topliss-reactive ketones (excluding diaryl/α,β-unsaturated/α-hetero) is 1. The molecule has 1 fully saturated rings. The van der Waals surface area contributed by atoms with Crippen LogP contribution in [-0.4, -0.2) is 85.1 Å². The van der Waals surface area contributed by atoms with E-state index in [4.69, 9.17) is 37.6 Å². The Morgan fingerprint density at radius 3 is 2.24 bits per heavy atom. The van der Waals surface area contributed by atoms with E-state index < -0.39 is 32.4 Å². The van der Waals surface area contributed by atoms with Gasteiger partial charge in [0, 0.05) is 27.1 Å². The molecule has 1 aliphatic heterocycles. The Labute approximate surface area is 254 Å². The number of benzene rings is 1. The zero-order valence-electron chi connectivity index (χ0n) is 27.6. The zero-order valence-corrected chi connectivity index (χ0v) is 28.6. The van der Waals surface area contributed by atoms with Crippen LogP contribution < -0.4 is 4.74 Å². The van der Waals surface area contributed by atoms with Crippen molar-refractivity contribution in [1.82, 2.24) is 0 Å². The molecular formula is C32H54O9Si. The predicted molar refractivity (Wildman–Crippen MR) is 165 cm³/mol. The second-order valence-corrected chi connectivity index (χ2v) is 17.7. The van der Waals surface area contributed by atoms with Gasteiger partial charge < -0.3 is 37.6 Å². The summed E-state index contributed by atoms with van der Waals surface area (Å²) in [5.41, 5.74) is 1.45. The molecule has 0 spiro atoms. The van der Waals surface area contributed by atoms with Crippen molar-refractivity contribution in [3.05, 3.63) is 42.0 Å². The van der Waals surface area contributed by atoms with Gasteiger partial charge in [-0.05, 0) is 62.2 Å². The van der Waals surface area contributed by atoms with Crippen LogP contribution in [0.25, 0.3) is 0 Å². The molecule has 0 aliphatic carbocycles. The second kappa shape index (κ2) is 15.9. The molecule has 9 nitrogen and oxygen atoms in total. The van der Waals surface area contributed by atoms with Crippen molar-refractivity contribution in [3.8, 4) is 5.75 Å². The highest BCUT2D eigenvalue weighted by Crippen LogP contribution is 2.40. The third kappa shape index (κ3) is 10.8. The summed E-state index contributed by atoms with van der Waals surface area (Å²) in [6.07, 6.45) is -1.41. The monoisotopic (exact) mass is 610 g/mol. The molecule has 1 aliphatic rings. The fourth-order valence-electron chi connectivity index (χ4n) is 4.61. The van der Waals surface area contributed by atoms with Gasteiger partial charge in [-0.2, -0.15) is 0 Å². The lowest BCUT2D eigenvalue weighted by Crippen LogP contribution is -2.48. The van der Waals surface area contributed by atoms with Crippen LogP contribution >= 0.6 is 0 Å². The van der Waals surface area contributed by atoms with E-state index in [0.29, 0.717) is 25.0 Å². The van der Waals surface area contributed by atoms with Gasteiger partial charge >= 0.3 is 0 Å². The van der Waals surface area contributed by atoms with Crippen molar-refractivity contribution in [2.75, 3.05) is 34.7 Å². The first-order chi connectivity index (χ1) is 19.5. The van der Waals surface area contributed by atoms with Gasteiger partial charge in [-0.3, -0.25) is 4.79 Å². The Bertz CT molecular complexity index is 987. The molecule has 1 heterocycles. The van der Waals surface area contributed by atoms with Gasteiger partial charge in [0.25, 0.3) is 0 Å². The SMILES string of the molecule is C=C(C)C(=O)[C@@H]1OC(C)(C)O[C@@H]1C[C@H](C[C@@H](OC)[C@@H](COCc1ccc(OC)cc1)OCOC)O[Si](C)(C)C(C)(C)C. The Balaban J connectivity index is 2.27. The maximum absolute atomic E-state index is 13.0. The lowest BCUT2D eigenvalue weighted by atomic mass is 9.96. The first-order valence-electron chi connectivity index (χ1n) is 14.6. The van der Waals surface area contributed by atoms with Crippen LogP contribution in [0.3, 0.4) is 0 Å². The first kappa shape index (κ1) is 36.6. The van der Waals surface area contributed by atoms with Crippen molar-refractivity contribution in [2.45, 2.75) is 115 Å². The molecule has 0 bridgehead atoms. The van der Waals surface area contributed by atoms with Gasteiger partial charge in [-0.25, -0.2) is 0 Å². The summed E-state index contributed by atoms with van der Waals surface area (Å²) >= 11 is 0. The number of rotatable bonds is 18. The number of methoxy groups -OCH3 is 3. The maximum Gasteiger partial charge on any atom is 0.192 e. The highest BCUT2D eigenvalue weighted by Gasteiger charge is 2.48. The standard InChI is InChI=1S/C32H54O9Si/c1-22(2)29(33)30-27(39-32(6,7)40-30)18-25(41-42(11,12)31(3,4)5)17-26(36-10)28(38-21-34-8)20-37-19-23-13-15-24(35-9)16-14-23/h13-16,25-28,30H,1,17-21H2,2-12H3/t25-,26+,27+,28+,30+/m0/s1. The molecule has 2 rings (SSSR count). The van der Waals surface area contributed by atoms with E-state index >= 15 is 0 Å². The number of ether oxygens (including phenoxy) is 7. The molecule has 0 saturated carbocycles. The van der Waals surface area contributed by atoms with Crippen LogP contribution in [0, 0.1) is 0 Å². The molecule has 1 aromatic carbocycles. The van der Waals surface area contributed by atoms with Crippen molar-refractivity contribution < 1.29 is 42.4 Å². The third-order valence-electron chi connectivity index (χ3n) is 7.95. The molecular weight excluding hydrogens is 556 g/mol. The van der Waals surface area contributed by atoms with E-state index in [-0.39, 0.29) is 36.4 Å². The van der Waals surface area contributed by atoms with Crippen molar-refractivity contribution in [1.29, 1.82) is 0 Å². The largest absolute Gasteiger partial charge is 0.497 e. The number of carbonyl (C=O) groups is 1. The molecule has 1 saturated heterocycles. The summed E-state index contributed by atoms with van der Waals surface area (Å²) in [5, 5.41) is -0.0273. The van der Waals surface area contributed by atoms with Crippen molar-refractivity contribution >= 4 is 14.1 Å². The third-order valence-corrected chi connectivity index (χ3v) is 12.5. The molecule has 0 aromatic heterocycles. The van der Waals surface area contributed by atoms with Crippen LogP contribution in [0.2, 0.25) is 18.1 Å². The number of hydrogen-bond donors (Lipinski definition) is 0. The average Bonchev–Trinajstić information content (AvgIpc) is 3.21. The topological polar surface area (TPSA) is 90.9 Å². The summed E-state index contributed by atoms with van der Waals surface area (Å²) in [4.78, 5) is 13.0. The quantitative estimate of drug-likeness (QED) is 0.112. The summed E-state index contributed by atoms with van der Waals surface area (Å²) in [6, 6.07) is 7.74. The highest BCUT2D eigenvalue weighted by atomic mass is 28.4. The van der Waals surface area contributed by atoms with Crippen LogP contribution in [0.15, 0.2) is 36.4 Å². The van der Waals surface area contributed by atoms with E-state index in [1.165, 1.54) is 0 Å². The molecule has 5 atom stereocenters. The van der Waals surface area contributed by atoms with Crippen LogP contribution in [-0.2, 0) is 44.2 Å². The lowest BCUT2D eigenvalue weighted by Gasteiger charge is -2.41. The summed E-state index contributed by atoms with van der Waals surface area (Å²) in [5.74, 6) is -0.269. The highest BCUT2D eigenvalue weighted by molar-refractivity contribution is 6.74. The zero-order chi connectivity index (χ0) is 31.7. The summed E-state index contributed by atoms with van der Waals surface area (Å²) in [7, 11) is 2.66. The van der Waals surface area contributed by atoms with Crippen molar-refractivity contribution in [2.24, 2.45) is 0 Å². The van der Waals surface area contributed by atoms with Gasteiger partial charge in [0.1, 0.15) is 24.8 Å². The van der Waals surface area contributed by atoms with Gasteiger partial charge in [-0.1, -0.05) is 39.5 Å². The number of ketones is 1. The molecule has 0 unspecified atom stereocenters. The predicted octanol–water partition coefficient (Wildman–Crippen LogP) is 6.05. The average molecular weight is 611 g/mol. The normalized spacial score (nSPS) is 21.1. The van der Waals surface area contributed by atoms with E-state index in [1.807, 2.05) is 38.1 Å². The van der Waals surface area contributed by atoms with Crippen LogP contribution in [0.5, 0.6) is 5.75 Å². The second-order valence-electron chi connectivity index (χ2n) is 13.0. The first-order valence-corrected chi connectivity index (χ1v) is 17.5. The Hall–Kier alpha value is -1.63. The molecule has 0 radical (unpaired) electrons. The molecule has 0 N–H and O–H groups in total. The van der Waals surface area contributed by atoms with Crippen LogP contribution in [0.4, 0.5) is 0 Å². The minimum Gasteiger partial charge on any atom is -0.497 e. The Morgan fingerprint density at radius 2 is 1.71 bits per heavy atom. The Morgan fingerprint density at radius 1 is 1.07 bits per heavy atom. The van der Waals surface area contributed by atoms with E-state index in [9.17, 15) is 4.79 Å². The molecule has 240 valence electrons. The van der Waals surface area contributed by atoms with E-state index in [1.54, 1.807) is 28.3 Å². The maximum atomic E-state index is 13.0. The van der Waals surface area contributed by atoms with E-state index in [0.717, 1.165) is 11.3 Å². The smallest absolute Gasteiger partial charge is 0.192 e. The van der Waals surface area contributed by atoms with Gasteiger partial charge in [0.15, 0.2) is 19.9 Å². The Kier molecular flexibility index (Phi) is 13.8. The van der Waals surface area contributed by atoms with Gasteiger partial charge in [0.05, 0.1) is 38.6 Å². The fraction of sp³-hybridized carbons (Fsp3) is 0.719. The molecule has 10 heteroatoms. The van der Waals surface area contributed by atoms with E-state index in [2.05, 4.69) is 40.4 Å².